The number of carbonyl (C=O) groups excluding carboxylic acids is 1. The number of unbranched alkanes of at least 4 members (excludes halogenated alkanes) is 2. The molecule has 4 heteroatoms. The van der Waals surface area contributed by atoms with Crippen LogP contribution in [0.3, 0.4) is 0 Å². The van der Waals surface area contributed by atoms with Crippen LogP contribution >= 0.6 is 0 Å². The van der Waals surface area contributed by atoms with Gasteiger partial charge >= 0.3 is 0 Å². The van der Waals surface area contributed by atoms with E-state index in [0.29, 0.717) is 5.92 Å². The van der Waals surface area contributed by atoms with Crippen molar-refractivity contribution in [2.45, 2.75) is 77.3 Å². The second-order valence-corrected chi connectivity index (χ2v) is 9.28. The smallest absolute Gasteiger partial charge is 0.265 e. The van der Waals surface area contributed by atoms with Crippen molar-refractivity contribution in [2.24, 2.45) is 11.8 Å². The van der Waals surface area contributed by atoms with Crippen LogP contribution in [0.1, 0.15) is 65.2 Å². The Morgan fingerprint density at radius 3 is 2.61 bits per heavy atom. The van der Waals surface area contributed by atoms with Crippen LogP contribution in [-0.2, 0) is 4.79 Å². The predicted molar refractivity (Wildman–Crippen MR) is 114 cm³/mol. The first-order chi connectivity index (χ1) is 13.7. The fraction of sp³-hybridized carbons (Fsp3) is 0.708. The van der Waals surface area contributed by atoms with Crippen molar-refractivity contribution in [1.29, 1.82) is 0 Å². The van der Waals surface area contributed by atoms with Gasteiger partial charge in [-0.2, -0.15) is 0 Å². The van der Waals surface area contributed by atoms with Gasteiger partial charge < -0.3 is 9.64 Å². The zero-order chi connectivity index (χ0) is 19.5. The van der Waals surface area contributed by atoms with Crippen LogP contribution in [0.15, 0.2) is 24.3 Å². The molecule has 154 valence electrons. The number of hydrogen-bond donors (Lipinski definition) is 0. The summed E-state index contributed by atoms with van der Waals surface area (Å²) in [6.45, 7) is 6.67. The summed E-state index contributed by atoms with van der Waals surface area (Å²) in [5, 5.41) is 0. The minimum absolute atomic E-state index is 0.0863. The minimum atomic E-state index is 0.0863. The van der Waals surface area contributed by atoms with Gasteiger partial charge in [-0.15, -0.1) is 0 Å². The summed E-state index contributed by atoms with van der Waals surface area (Å²) in [7, 11) is 0. The molecule has 0 N–H and O–H groups in total. The molecule has 4 nitrogen and oxygen atoms in total. The van der Waals surface area contributed by atoms with E-state index in [4.69, 9.17) is 4.74 Å². The third-order valence-electron chi connectivity index (χ3n) is 7.02. The second-order valence-electron chi connectivity index (χ2n) is 9.28. The summed E-state index contributed by atoms with van der Waals surface area (Å²) in [5.41, 5.74) is 0.934. The molecule has 3 aliphatic rings. The van der Waals surface area contributed by atoms with Crippen LogP contribution in [0.4, 0.5) is 5.69 Å². The van der Waals surface area contributed by atoms with Crippen LogP contribution in [0, 0.1) is 11.8 Å². The number of ether oxygens (including phenoxy) is 1. The maximum atomic E-state index is 12.5. The first-order valence-corrected chi connectivity index (χ1v) is 11.4. The van der Waals surface area contributed by atoms with Gasteiger partial charge in [-0.1, -0.05) is 51.7 Å². The van der Waals surface area contributed by atoms with E-state index in [2.05, 4.69) is 18.7 Å². The third kappa shape index (κ3) is 4.22. The molecule has 1 amide bonds. The molecule has 0 spiro atoms. The highest BCUT2D eigenvalue weighted by Crippen LogP contribution is 2.41. The van der Waals surface area contributed by atoms with E-state index in [1.807, 2.05) is 29.2 Å². The van der Waals surface area contributed by atoms with Gasteiger partial charge in [-0.05, 0) is 49.7 Å². The van der Waals surface area contributed by atoms with Crippen LogP contribution in [0.2, 0.25) is 0 Å². The Morgan fingerprint density at radius 1 is 1.11 bits per heavy atom. The highest BCUT2D eigenvalue weighted by molar-refractivity contribution is 5.97. The Hall–Kier alpha value is -1.55. The Balaban J connectivity index is 1.34. The number of para-hydroxylation sites is 2. The van der Waals surface area contributed by atoms with Crippen molar-refractivity contribution < 1.29 is 9.53 Å². The first kappa shape index (κ1) is 19.8. The highest BCUT2D eigenvalue weighted by Gasteiger charge is 2.41. The summed E-state index contributed by atoms with van der Waals surface area (Å²) >= 11 is 0. The first-order valence-electron chi connectivity index (χ1n) is 11.4. The summed E-state index contributed by atoms with van der Waals surface area (Å²) in [6, 6.07) is 9.48. The summed E-state index contributed by atoms with van der Waals surface area (Å²) < 4.78 is 5.59. The Labute approximate surface area is 170 Å². The van der Waals surface area contributed by atoms with E-state index < -0.39 is 0 Å². The van der Waals surface area contributed by atoms with Crippen molar-refractivity contribution in [2.75, 3.05) is 24.6 Å². The minimum Gasteiger partial charge on any atom is -0.482 e. The lowest BCUT2D eigenvalue weighted by molar-refractivity contribution is -0.121. The SMILES string of the molecule is CCCCCC1CC2CC[C@@H](C1)N2C[C@@H](C)CN1C(=O)COc2ccccc21. The lowest BCUT2D eigenvalue weighted by Gasteiger charge is -2.41. The zero-order valence-electron chi connectivity index (χ0n) is 17.6. The number of rotatable bonds is 8. The average molecular weight is 385 g/mol. The van der Waals surface area contributed by atoms with E-state index in [0.717, 1.165) is 42.5 Å². The molecule has 2 unspecified atom stereocenters. The average Bonchev–Trinajstić information content (AvgIpc) is 2.92. The van der Waals surface area contributed by atoms with Crippen molar-refractivity contribution in [3.05, 3.63) is 24.3 Å². The molecule has 2 bridgehead atoms. The van der Waals surface area contributed by atoms with Crippen molar-refractivity contribution in [3.63, 3.8) is 0 Å². The Kier molecular flexibility index (Phi) is 6.25. The zero-order valence-corrected chi connectivity index (χ0v) is 17.6. The molecule has 1 aromatic carbocycles. The number of hydrogen-bond acceptors (Lipinski definition) is 3. The standard InChI is InChI=1S/C24H36N2O2/c1-3-4-5-8-19-13-20-11-12-21(14-19)25(20)15-18(2)16-26-22-9-6-7-10-23(22)28-17-24(26)27/h6-7,9-10,18-21H,3-5,8,11-17H2,1-2H3/t18-,19?,20+,21?/m1/s1. The topological polar surface area (TPSA) is 32.8 Å². The van der Waals surface area contributed by atoms with Gasteiger partial charge in [0.1, 0.15) is 5.75 Å². The molecule has 0 aromatic heterocycles. The molecule has 28 heavy (non-hydrogen) atoms. The molecule has 3 aliphatic heterocycles. The van der Waals surface area contributed by atoms with E-state index >= 15 is 0 Å². The Bertz CT molecular complexity index is 662. The summed E-state index contributed by atoms with van der Waals surface area (Å²) in [6.07, 6.45) is 11.1. The molecule has 4 rings (SSSR count). The molecule has 1 aromatic rings. The van der Waals surface area contributed by atoms with Gasteiger partial charge in [-0.3, -0.25) is 9.69 Å². The van der Waals surface area contributed by atoms with Crippen LogP contribution in [-0.4, -0.2) is 42.6 Å². The maximum absolute atomic E-state index is 12.5. The molecule has 3 heterocycles. The van der Waals surface area contributed by atoms with E-state index in [-0.39, 0.29) is 12.5 Å². The van der Waals surface area contributed by atoms with Gasteiger partial charge in [0.05, 0.1) is 5.69 Å². The molecular formula is C24H36N2O2. The monoisotopic (exact) mass is 384 g/mol. The molecule has 0 radical (unpaired) electrons. The quantitative estimate of drug-likeness (QED) is 0.599. The maximum Gasteiger partial charge on any atom is 0.265 e. The van der Waals surface area contributed by atoms with Gasteiger partial charge in [0, 0.05) is 25.2 Å². The normalized spacial score (nSPS) is 28.1. The van der Waals surface area contributed by atoms with Gasteiger partial charge in [-0.25, -0.2) is 0 Å². The lowest BCUT2D eigenvalue weighted by atomic mass is 9.86. The van der Waals surface area contributed by atoms with E-state index in [1.165, 1.54) is 51.4 Å². The number of carbonyl (C=O) groups is 1. The largest absolute Gasteiger partial charge is 0.482 e. The van der Waals surface area contributed by atoms with Crippen LogP contribution in [0.25, 0.3) is 0 Å². The van der Waals surface area contributed by atoms with Crippen molar-refractivity contribution in [3.8, 4) is 5.75 Å². The van der Waals surface area contributed by atoms with Crippen molar-refractivity contribution in [1.82, 2.24) is 4.90 Å². The predicted octanol–water partition coefficient (Wildman–Crippen LogP) is 4.87. The van der Waals surface area contributed by atoms with Crippen LogP contribution < -0.4 is 9.64 Å². The van der Waals surface area contributed by atoms with Crippen LogP contribution in [0.5, 0.6) is 5.75 Å². The van der Waals surface area contributed by atoms with E-state index in [9.17, 15) is 4.79 Å². The number of anilines is 1. The number of piperidine rings is 1. The molecule has 4 atom stereocenters. The molecular weight excluding hydrogens is 348 g/mol. The summed E-state index contributed by atoms with van der Waals surface area (Å²) in [5.74, 6) is 2.34. The summed E-state index contributed by atoms with van der Waals surface area (Å²) in [4.78, 5) is 17.2. The lowest BCUT2D eigenvalue weighted by Crippen LogP contribution is -2.48. The van der Waals surface area contributed by atoms with Crippen molar-refractivity contribution >= 4 is 11.6 Å². The van der Waals surface area contributed by atoms with E-state index in [1.54, 1.807) is 0 Å². The second kappa shape index (κ2) is 8.86. The fourth-order valence-corrected chi connectivity index (χ4v) is 5.69. The number of fused-ring (bicyclic) bond motifs is 3. The number of nitrogens with zero attached hydrogens (tertiary/aromatic N) is 2. The third-order valence-corrected chi connectivity index (χ3v) is 7.02. The number of benzene rings is 1. The molecule has 2 saturated heterocycles. The number of amides is 1. The fourth-order valence-electron chi connectivity index (χ4n) is 5.69. The molecule has 2 fully saturated rings. The molecule has 0 saturated carbocycles. The molecule has 0 aliphatic carbocycles. The highest BCUT2D eigenvalue weighted by atomic mass is 16.5. The van der Waals surface area contributed by atoms with Gasteiger partial charge in [0.2, 0.25) is 0 Å². The van der Waals surface area contributed by atoms with Gasteiger partial charge in [0.25, 0.3) is 5.91 Å². The van der Waals surface area contributed by atoms with Gasteiger partial charge in [0.15, 0.2) is 6.61 Å². The Morgan fingerprint density at radius 2 is 1.86 bits per heavy atom.